The summed E-state index contributed by atoms with van der Waals surface area (Å²) in [7, 11) is 3.52. The largest absolute Gasteiger partial charge is 0.493 e. The molecule has 0 aliphatic carbocycles. The van der Waals surface area contributed by atoms with Gasteiger partial charge in [0.1, 0.15) is 5.69 Å². The minimum atomic E-state index is -0.0790. The summed E-state index contributed by atoms with van der Waals surface area (Å²) >= 11 is 5.88. The highest BCUT2D eigenvalue weighted by Crippen LogP contribution is 2.28. The Morgan fingerprint density at radius 1 is 1.42 bits per heavy atom. The number of nitrogens with zero attached hydrogens (tertiary/aromatic N) is 3. The first kappa shape index (κ1) is 13.8. The predicted molar refractivity (Wildman–Crippen MR) is 74.5 cm³/mol. The zero-order chi connectivity index (χ0) is 13.8. The molecule has 19 heavy (non-hydrogen) atoms. The zero-order valence-corrected chi connectivity index (χ0v) is 12.0. The maximum absolute atomic E-state index is 5.88. The molecule has 0 amide bonds. The van der Waals surface area contributed by atoms with E-state index >= 15 is 0 Å². The molecule has 0 aliphatic rings. The quantitative estimate of drug-likeness (QED) is 0.912. The highest BCUT2D eigenvalue weighted by Gasteiger charge is 2.22. The predicted octanol–water partition coefficient (Wildman–Crippen LogP) is 2.18. The van der Waals surface area contributed by atoms with Gasteiger partial charge in [-0.3, -0.25) is 9.67 Å². The molecule has 0 radical (unpaired) electrons. The van der Waals surface area contributed by atoms with Gasteiger partial charge in [0.2, 0.25) is 0 Å². The minimum absolute atomic E-state index is 0.0790. The molecule has 0 aromatic carbocycles. The van der Waals surface area contributed by atoms with Crippen LogP contribution in [0.4, 0.5) is 0 Å². The van der Waals surface area contributed by atoms with Gasteiger partial charge < -0.3 is 10.1 Å². The highest BCUT2D eigenvalue weighted by atomic mass is 35.5. The maximum atomic E-state index is 5.88. The number of pyridine rings is 1. The van der Waals surface area contributed by atoms with Crippen molar-refractivity contribution < 1.29 is 4.74 Å². The first-order valence-electron chi connectivity index (χ1n) is 6.08. The molecule has 1 N–H and O–H groups in total. The first-order chi connectivity index (χ1) is 9.17. The third-order valence-electron chi connectivity index (χ3n) is 2.90. The van der Waals surface area contributed by atoms with Crippen molar-refractivity contribution in [1.29, 1.82) is 0 Å². The molecule has 5 nitrogen and oxygen atoms in total. The van der Waals surface area contributed by atoms with Crippen LogP contribution in [0.2, 0.25) is 5.02 Å². The van der Waals surface area contributed by atoms with Gasteiger partial charge in [-0.15, -0.1) is 0 Å². The molecule has 2 aromatic heterocycles. The van der Waals surface area contributed by atoms with Crippen molar-refractivity contribution in [3.8, 4) is 5.75 Å². The summed E-state index contributed by atoms with van der Waals surface area (Å²) in [5, 5.41) is 8.24. The fourth-order valence-corrected chi connectivity index (χ4v) is 2.13. The molecule has 0 bridgehead atoms. The molecule has 1 atom stereocenters. The lowest BCUT2D eigenvalue weighted by Crippen LogP contribution is -2.25. The van der Waals surface area contributed by atoms with E-state index in [0.29, 0.717) is 5.02 Å². The van der Waals surface area contributed by atoms with E-state index in [2.05, 4.69) is 15.4 Å². The van der Waals surface area contributed by atoms with Crippen molar-refractivity contribution in [3.63, 3.8) is 0 Å². The van der Waals surface area contributed by atoms with E-state index in [1.54, 1.807) is 24.2 Å². The molecule has 2 rings (SSSR count). The number of aromatic nitrogens is 3. The van der Waals surface area contributed by atoms with Crippen molar-refractivity contribution >= 4 is 11.6 Å². The average molecular weight is 281 g/mol. The molecule has 0 saturated carbocycles. The Morgan fingerprint density at radius 3 is 2.79 bits per heavy atom. The maximum Gasteiger partial charge on any atom is 0.161 e. The van der Waals surface area contributed by atoms with Crippen LogP contribution in [0.5, 0.6) is 5.75 Å². The summed E-state index contributed by atoms with van der Waals surface area (Å²) in [6, 6.07) is 3.66. The summed E-state index contributed by atoms with van der Waals surface area (Å²) in [5.74, 6) is 0.741. The van der Waals surface area contributed by atoms with Gasteiger partial charge in [-0.05, 0) is 18.7 Å². The van der Waals surface area contributed by atoms with Gasteiger partial charge in [0, 0.05) is 13.2 Å². The van der Waals surface area contributed by atoms with E-state index in [-0.39, 0.29) is 6.04 Å². The number of nitrogens with one attached hydrogen (secondary N) is 1. The number of rotatable bonds is 5. The van der Waals surface area contributed by atoms with Crippen molar-refractivity contribution in [2.75, 3.05) is 13.7 Å². The number of hydrogen-bond acceptors (Lipinski definition) is 4. The summed E-state index contributed by atoms with van der Waals surface area (Å²) in [6.45, 7) is 2.86. The van der Waals surface area contributed by atoms with Crippen LogP contribution < -0.4 is 10.1 Å². The van der Waals surface area contributed by atoms with Gasteiger partial charge >= 0.3 is 0 Å². The molecule has 2 heterocycles. The van der Waals surface area contributed by atoms with Crippen LogP contribution in [0, 0.1) is 0 Å². The van der Waals surface area contributed by atoms with Gasteiger partial charge in [-0.2, -0.15) is 5.10 Å². The Hall–Kier alpha value is -1.59. The van der Waals surface area contributed by atoms with Gasteiger partial charge in [0.05, 0.1) is 30.1 Å². The fourth-order valence-electron chi connectivity index (χ4n) is 2.02. The van der Waals surface area contributed by atoms with Crippen LogP contribution in [-0.4, -0.2) is 28.4 Å². The smallest absolute Gasteiger partial charge is 0.161 e. The summed E-state index contributed by atoms with van der Waals surface area (Å²) in [6.07, 6.45) is 3.35. The lowest BCUT2D eigenvalue weighted by molar-refractivity contribution is 0.400. The van der Waals surface area contributed by atoms with Crippen LogP contribution in [0.25, 0.3) is 0 Å². The highest BCUT2D eigenvalue weighted by molar-refractivity contribution is 6.30. The molecule has 2 aromatic rings. The van der Waals surface area contributed by atoms with E-state index in [1.807, 2.05) is 26.1 Å². The molecule has 102 valence electrons. The van der Waals surface area contributed by atoms with Crippen LogP contribution >= 0.6 is 11.6 Å². The van der Waals surface area contributed by atoms with Gasteiger partial charge in [0.15, 0.2) is 5.75 Å². The van der Waals surface area contributed by atoms with Crippen LogP contribution in [0.3, 0.4) is 0 Å². The number of aryl methyl sites for hydroxylation is 1. The lowest BCUT2D eigenvalue weighted by atomic mass is 10.1. The summed E-state index contributed by atoms with van der Waals surface area (Å²) in [4.78, 5) is 4.38. The van der Waals surface area contributed by atoms with Crippen molar-refractivity contribution in [3.05, 3.63) is 40.9 Å². The fraction of sp³-hybridized carbons (Fsp3) is 0.385. The number of halogens is 1. The molecule has 0 saturated heterocycles. The topological polar surface area (TPSA) is 52.0 Å². The van der Waals surface area contributed by atoms with Crippen molar-refractivity contribution in [1.82, 2.24) is 20.1 Å². The molecule has 0 spiro atoms. The van der Waals surface area contributed by atoms with Crippen LogP contribution in [0.1, 0.15) is 24.4 Å². The molecule has 0 fully saturated rings. The lowest BCUT2D eigenvalue weighted by Gasteiger charge is -2.19. The van der Waals surface area contributed by atoms with Crippen molar-refractivity contribution in [2.45, 2.75) is 13.0 Å². The van der Waals surface area contributed by atoms with Crippen LogP contribution in [0.15, 0.2) is 24.5 Å². The minimum Gasteiger partial charge on any atom is -0.493 e. The van der Waals surface area contributed by atoms with E-state index in [9.17, 15) is 0 Å². The van der Waals surface area contributed by atoms with Gasteiger partial charge in [-0.25, -0.2) is 0 Å². The van der Waals surface area contributed by atoms with Crippen molar-refractivity contribution in [2.24, 2.45) is 7.05 Å². The first-order valence-corrected chi connectivity index (χ1v) is 6.45. The average Bonchev–Trinajstić information content (AvgIpc) is 2.78. The number of ether oxygens (including phenoxy) is 1. The van der Waals surface area contributed by atoms with Gasteiger partial charge in [0.25, 0.3) is 0 Å². The summed E-state index contributed by atoms with van der Waals surface area (Å²) < 4.78 is 7.16. The van der Waals surface area contributed by atoms with E-state index in [0.717, 1.165) is 23.7 Å². The molecule has 6 heteroatoms. The third-order valence-corrected chi connectivity index (χ3v) is 3.12. The molecule has 1 unspecified atom stereocenters. The SMILES string of the molecule is CCNC(c1ccc(Cl)cn1)c1c(OC)cnn1C. The molecular weight excluding hydrogens is 264 g/mol. The normalized spacial score (nSPS) is 12.4. The monoisotopic (exact) mass is 280 g/mol. The zero-order valence-electron chi connectivity index (χ0n) is 11.2. The standard InChI is InChI=1S/C13H17ClN4O/c1-4-15-12(10-6-5-9(14)7-16-10)13-11(19-3)8-17-18(13)2/h5-8,12,15H,4H2,1-3H3. The van der Waals surface area contributed by atoms with E-state index in [1.165, 1.54) is 0 Å². The molecular formula is C13H17ClN4O. The number of hydrogen-bond donors (Lipinski definition) is 1. The van der Waals surface area contributed by atoms with Crippen LogP contribution in [-0.2, 0) is 7.05 Å². The Labute approximate surface area is 117 Å². The second-order valence-corrected chi connectivity index (χ2v) is 4.55. The second kappa shape index (κ2) is 6.04. The third kappa shape index (κ3) is 2.88. The molecule has 0 aliphatic heterocycles. The Bertz CT molecular complexity index is 538. The second-order valence-electron chi connectivity index (χ2n) is 4.11. The Kier molecular flexibility index (Phi) is 4.39. The van der Waals surface area contributed by atoms with E-state index in [4.69, 9.17) is 16.3 Å². The Balaban J connectivity index is 2.44. The number of methoxy groups -OCH3 is 1. The van der Waals surface area contributed by atoms with E-state index < -0.39 is 0 Å². The van der Waals surface area contributed by atoms with Gasteiger partial charge in [-0.1, -0.05) is 18.5 Å². The summed E-state index contributed by atoms with van der Waals surface area (Å²) in [5.41, 5.74) is 1.83. The Morgan fingerprint density at radius 2 is 2.21 bits per heavy atom.